The molecule has 1 N–H and O–H groups in total. The highest BCUT2D eigenvalue weighted by atomic mass is 19.3. The van der Waals surface area contributed by atoms with Crippen molar-refractivity contribution in [2.24, 2.45) is 0 Å². The lowest BCUT2D eigenvalue weighted by Gasteiger charge is -2.09. The largest absolute Gasteiger partial charge is 0.373 e. The highest BCUT2D eigenvalue weighted by molar-refractivity contribution is 5.91. The standard InChI is InChI=1S/C11H11F2N3/c1-6-4-3-5-7-8(6)10(14-2)16-11(15-7)9(12)13/h3-5,9H,1-2H3,(H,14,15,16). The van der Waals surface area contributed by atoms with Crippen LogP contribution in [0, 0.1) is 6.92 Å². The molecular weight excluding hydrogens is 212 g/mol. The summed E-state index contributed by atoms with van der Waals surface area (Å²) in [7, 11) is 1.66. The number of fused-ring (bicyclic) bond motifs is 1. The predicted molar refractivity (Wildman–Crippen MR) is 58.8 cm³/mol. The summed E-state index contributed by atoms with van der Waals surface area (Å²) in [5.74, 6) is 0.000787. The lowest BCUT2D eigenvalue weighted by Crippen LogP contribution is -2.02. The molecule has 0 unspecified atom stereocenters. The van der Waals surface area contributed by atoms with Gasteiger partial charge in [-0.2, -0.15) is 0 Å². The van der Waals surface area contributed by atoms with Crippen LogP contribution in [0.4, 0.5) is 14.6 Å². The van der Waals surface area contributed by atoms with Gasteiger partial charge in [0, 0.05) is 12.4 Å². The Morgan fingerprint density at radius 2 is 2.00 bits per heavy atom. The van der Waals surface area contributed by atoms with Crippen molar-refractivity contribution < 1.29 is 8.78 Å². The second kappa shape index (κ2) is 4.00. The molecule has 0 aliphatic rings. The van der Waals surface area contributed by atoms with Crippen LogP contribution in [-0.2, 0) is 0 Å². The molecule has 1 aromatic carbocycles. The van der Waals surface area contributed by atoms with E-state index in [0.717, 1.165) is 10.9 Å². The summed E-state index contributed by atoms with van der Waals surface area (Å²) < 4.78 is 25.1. The van der Waals surface area contributed by atoms with Crippen LogP contribution in [0.5, 0.6) is 0 Å². The first kappa shape index (κ1) is 10.7. The number of rotatable bonds is 2. The van der Waals surface area contributed by atoms with Crippen molar-refractivity contribution in [1.29, 1.82) is 0 Å². The van der Waals surface area contributed by atoms with Crippen molar-refractivity contribution in [2.45, 2.75) is 13.3 Å². The Morgan fingerprint density at radius 3 is 2.62 bits per heavy atom. The molecule has 0 aliphatic carbocycles. The molecule has 2 rings (SSSR count). The Morgan fingerprint density at radius 1 is 1.25 bits per heavy atom. The molecule has 0 spiro atoms. The summed E-state index contributed by atoms with van der Waals surface area (Å²) in [6.07, 6.45) is -2.66. The van der Waals surface area contributed by atoms with Crippen LogP contribution in [0.2, 0.25) is 0 Å². The van der Waals surface area contributed by atoms with Crippen molar-refractivity contribution in [2.75, 3.05) is 12.4 Å². The number of benzene rings is 1. The van der Waals surface area contributed by atoms with E-state index in [1.807, 2.05) is 13.0 Å². The smallest absolute Gasteiger partial charge is 0.297 e. The van der Waals surface area contributed by atoms with E-state index in [0.29, 0.717) is 11.3 Å². The third-order valence-electron chi connectivity index (χ3n) is 2.38. The van der Waals surface area contributed by atoms with Crippen LogP contribution in [0.15, 0.2) is 18.2 Å². The number of hydrogen-bond donors (Lipinski definition) is 1. The van der Waals surface area contributed by atoms with Crippen LogP contribution in [0.1, 0.15) is 17.8 Å². The van der Waals surface area contributed by atoms with Gasteiger partial charge in [0.25, 0.3) is 6.43 Å². The highest BCUT2D eigenvalue weighted by Crippen LogP contribution is 2.26. The van der Waals surface area contributed by atoms with Gasteiger partial charge in [-0.1, -0.05) is 12.1 Å². The Balaban J connectivity index is 2.78. The highest BCUT2D eigenvalue weighted by Gasteiger charge is 2.15. The van der Waals surface area contributed by atoms with Crippen molar-refractivity contribution >= 4 is 16.7 Å². The van der Waals surface area contributed by atoms with E-state index < -0.39 is 12.2 Å². The van der Waals surface area contributed by atoms with Crippen molar-refractivity contribution in [3.8, 4) is 0 Å². The van der Waals surface area contributed by atoms with Crippen molar-refractivity contribution in [3.63, 3.8) is 0 Å². The summed E-state index contributed by atoms with van der Waals surface area (Å²) in [5.41, 5.74) is 1.50. The summed E-state index contributed by atoms with van der Waals surface area (Å²) in [6, 6.07) is 5.39. The van der Waals surface area contributed by atoms with Crippen LogP contribution < -0.4 is 5.32 Å². The van der Waals surface area contributed by atoms with E-state index in [9.17, 15) is 8.78 Å². The second-order valence-corrected chi connectivity index (χ2v) is 3.45. The van der Waals surface area contributed by atoms with E-state index in [1.54, 1.807) is 19.2 Å². The fourth-order valence-corrected chi connectivity index (χ4v) is 1.65. The minimum Gasteiger partial charge on any atom is -0.373 e. The first-order valence-corrected chi connectivity index (χ1v) is 4.86. The molecule has 1 heterocycles. The van der Waals surface area contributed by atoms with E-state index in [1.165, 1.54) is 0 Å². The van der Waals surface area contributed by atoms with Gasteiger partial charge in [-0.15, -0.1) is 0 Å². The molecule has 0 amide bonds. The molecule has 0 aliphatic heterocycles. The number of alkyl halides is 2. The lowest BCUT2D eigenvalue weighted by atomic mass is 10.1. The van der Waals surface area contributed by atoms with Gasteiger partial charge in [-0.3, -0.25) is 0 Å². The monoisotopic (exact) mass is 223 g/mol. The summed E-state index contributed by atoms with van der Waals surface area (Å²) in [4.78, 5) is 7.65. The Kier molecular flexibility index (Phi) is 2.68. The predicted octanol–water partition coefficient (Wildman–Crippen LogP) is 2.92. The lowest BCUT2D eigenvalue weighted by molar-refractivity contribution is 0.141. The van der Waals surface area contributed by atoms with Crippen LogP contribution in [-0.4, -0.2) is 17.0 Å². The minimum absolute atomic E-state index is 0.442. The molecule has 0 radical (unpaired) electrons. The first-order valence-electron chi connectivity index (χ1n) is 4.86. The molecule has 84 valence electrons. The number of aromatic nitrogens is 2. The maximum atomic E-state index is 12.6. The number of hydrogen-bond acceptors (Lipinski definition) is 3. The third-order valence-corrected chi connectivity index (χ3v) is 2.38. The normalized spacial score (nSPS) is 11.1. The van der Waals surface area contributed by atoms with Gasteiger partial charge < -0.3 is 5.32 Å². The van der Waals surface area contributed by atoms with Crippen LogP contribution in [0.25, 0.3) is 10.9 Å². The number of anilines is 1. The fraction of sp³-hybridized carbons (Fsp3) is 0.273. The molecular formula is C11H11F2N3. The molecule has 0 saturated heterocycles. The Labute approximate surface area is 91.5 Å². The van der Waals surface area contributed by atoms with Crippen LogP contribution in [0.3, 0.4) is 0 Å². The maximum Gasteiger partial charge on any atom is 0.297 e. The molecule has 0 saturated carbocycles. The number of nitrogens with one attached hydrogen (secondary N) is 1. The molecule has 3 nitrogen and oxygen atoms in total. The van der Waals surface area contributed by atoms with E-state index >= 15 is 0 Å². The third kappa shape index (κ3) is 1.68. The summed E-state index contributed by atoms with van der Waals surface area (Å²) >= 11 is 0. The van der Waals surface area contributed by atoms with E-state index in [2.05, 4.69) is 15.3 Å². The average molecular weight is 223 g/mol. The average Bonchev–Trinajstić information content (AvgIpc) is 2.27. The molecule has 0 atom stereocenters. The van der Waals surface area contributed by atoms with Crippen molar-refractivity contribution in [3.05, 3.63) is 29.6 Å². The quantitative estimate of drug-likeness (QED) is 0.850. The Bertz CT molecular complexity index is 526. The van der Waals surface area contributed by atoms with Gasteiger partial charge in [-0.05, 0) is 18.6 Å². The van der Waals surface area contributed by atoms with Gasteiger partial charge in [0.15, 0.2) is 5.82 Å². The zero-order chi connectivity index (χ0) is 11.7. The summed E-state index contributed by atoms with van der Waals surface area (Å²) in [5, 5.41) is 3.61. The molecule has 0 fully saturated rings. The van der Waals surface area contributed by atoms with Crippen LogP contribution >= 0.6 is 0 Å². The molecule has 2 aromatic rings. The SMILES string of the molecule is CNc1nc(C(F)F)nc2cccc(C)c12. The van der Waals surface area contributed by atoms with E-state index in [4.69, 9.17) is 0 Å². The van der Waals surface area contributed by atoms with Gasteiger partial charge in [-0.25, -0.2) is 18.7 Å². The van der Waals surface area contributed by atoms with Gasteiger partial charge in [0.2, 0.25) is 0 Å². The minimum atomic E-state index is -2.66. The second-order valence-electron chi connectivity index (χ2n) is 3.45. The van der Waals surface area contributed by atoms with Gasteiger partial charge >= 0.3 is 0 Å². The zero-order valence-corrected chi connectivity index (χ0v) is 8.96. The summed E-state index contributed by atoms with van der Waals surface area (Å²) in [6.45, 7) is 1.90. The number of aryl methyl sites for hydroxylation is 1. The fourth-order valence-electron chi connectivity index (χ4n) is 1.65. The van der Waals surface area contributed by atoms with E-state index in [-0.39, 0.29) is 0 Å². The number of halogens is 2. The maximum absolute atomic E-state index is 12.6. The Hall–Kier alpha value is -1.78. The number of nitrogens with zero attached hydrogens (tertiary/aromatic N) is 2. The topological polar surface area (TPSA) is 37.8 Å². The zero-order valence-electron chi connectivity index (χ0n) is 8.96. The molecule has 1 aromatic heterocycles. The van der Waals surface area contributed by atoms with Crippen molar-refractivity contribution in [1.82, 2.24) is 9.97 Å². The first-order chi connectivity index (χ1) is 7.63. The molecule has 5 heteroatoms. The van der Waals surface area contributed by atoms with Gasteiger partial charge in [0.05, 0.1) is 5.52 Å². The molecule has 0 bridgehead atoms. The van der Waals surface area contributed by atoms with Gasteiger partial charge in [0.1, 0.15) is 5.82 Å². The molecule has 16 heavy (non-hydrogen) atoms.